The quantitative estimate of drug-likeness (QED) is 0.530. The lowest BCUT2D eigenvalue weighted by Crippen LogP contribution is -2.44. The van der Waals surface area contributed by atoms with E-state index in [-0.39, 0.29) is 0 Å². The summed E-state index contributed by atoms with van der Waals surface area (Å²) in [6.07, 6.45) is 0. The van der Waals surface area contributed by atoms with Crippen LogP contribution < -0.4 is 5.43 Å². The normalized spacial score (nSPS) is 14.1. The Morgan fingerprint density at radius 2 is 1.60 bits per heavy atom. The Hall–Kier alpha value is -2.17. The Kier molecular flexibility index (Phi) is 2.00. The third kappa shape index (κ3) is 1.38. The fourth-order valence-corrected chi connectivity index (χ4v) is 1.45. The fourth-order valence-electron chi connectivity index (χ4n) is 1.45. The molecule has 1 aliphatic heterocycles. The molecule has 15 heavy (non-hydrogen) atoms. The van der Waals surface area contributed by atoms with Gasteiger partial charge in [-0.3, -0.25) is 19.8 Å². The molecule has 0 bridgehead atoms. The average Bonchev–Trinajstić information content (AvgIpc) is 2.44. The van der Waals surface area contributed by atoms with Crippen molar-refractivity contribution in [3.63, 3.8) is 0 Å². The Bertz CT molecular complexity index is 432. The predicted octanol–water partition coefficient (Wildman–Crippen LogP) is 0.334. The van der Waals surface area contributed by atoms with Gasteiger partial charge in [-0.05, 0) is 12.1 Å². The molecule has 2 rings (SSSR count). The number of hydrogen-bond donors (Lipinski definition) is 1. The van der Waals surface area contributed by atoms with E-state index in [4.69, 9.17) is 0 Å². The van der Waals surface area contributed by atoms with E-state index in [0.717, 1.165) is 5.01 Å². The number of nitrogens with zero attached hydrogens (tertiary/aromatic N) is 1. The smallest absolute Gasteiger partial charge is 0.274 e. The molecule has 1 aromatic rings. The van der Waals surface area contributed by atoms with Crippen molar-refractivity contribution >= 4 is 17.7 Å². The number of rotatable bonds is 1. The van der Waals surface area contributed by atoms with E-state index in [0.29, 0.717) is 11.1 Å². The van der Waals surface area contributed by atoms with Crippen LogP contribution in [-0.2, 0) is 4.79 Å². The summed E-state index contributed by atoms with van der Waals surface area (Å²) in [6, 6.07) is 6.44. The van der Waals surface area contributed by atoms with Crippen molar-refractivity contribution in [2.45, 2.75) is 6.92 Å². The van der Waals surface area contributed by atoms with Crippen molar-refractivity contribution in [1.29, 1.82) is 0 Å². The van der Waals surface area contributed by atoms with E-state index < -0.39 is 17.7 Å². The van der Waals surface area contributed by atoms with Gasteiger partial charge < -0.3 is 0 Å². The second kappa shape index (κ2) is 3.20. The Balaban J connectivity index is 2.41. The first-order valence-electron chi connectivity index (χ1n) is 4.36. The molecule has 0 spiro atoms. The lowest BCUT2D eigenvalue weighted by molar-refractivity contribution is -0.122. The van der Waals surface area contributed by atoms with Gasteiger partial charge in [0.25, 0.3) is 11.8 Å². The Morgan fingerprint density at radius 1 is 1.13 bits per heavy atom. The first-order valence-corrected chi connectivity index (χ1v) is 4.36. The highest BCUT2D eigenvalue weighted by atomic mass is 16.3. The molecule has 76 valence electrons. The van der Waals surface area contributed by atoms with Crippen molar-refractivity contribution in [3.05, 3.63) is 35.4 Å². The summed E-state index contributed by atoms with van der Waals surface area (Å²) in [5.41, 5.74) is 2.82. The molecule has 1 aliphatic rings. The molecule has 0 radical (unpaired) electrons. The third-order valence-corrected chi connectivity index (χ3v) is 2.06. The molecule has 3 amide bonds. The molecule has 0 aromatic heterocycles. The number of amides is 3. The SMILES string of the molecule is CC(=O)N[15N]1C(=O)c2ccccc2C1=O. The van der Waals surface area contributed by atoms with Crippen LogP contribution in [0, 0.1) is 0 Å². The average molecular weight is 205 g/mol. The number of nitrogens with one attached hydrogen (secondary N) is 1. The minimum atomic E-state index is -0.495. The second-order valence-corrected chi connectivity index (χ2v) is 3.16. The highest BCUT2D eigenvalue weighted by Crippen LogP contribution is 2.20. The number of benzene rings is 1. The van der Waals surface area contributed by atoms with Gasteiger partial charge in [0.15, 0.2) is 0 Å². The molecule has 0 saturated heterocycles. The maximum absolute atomic E-state index is 11.6. The summed E-state index contributed by atoms with van der Waals surface area (Å²) < 4.78 is 0. The van der Waals surface area contributed by atoms with Crippen LogP contribution in [0.4, 0.5) is 0 Å². The van der Waals surface area contributed by atoms with Crippen LogP contribution in [0.2, 0.25) is 0 Å². The summed E-state index contributed by atoms with van der Waals surface area (Å²) in [5, 5.41) is 0.729. The minimum Gasteiger partial charge on any atom is -0.274 e. The monoisotopic (exact) mass is 205 g/mol. The zero-order valence-corrected chi connectivity index (χ0v) is 7.98. The minimum absolute atomic E-state index is 0.316. The molecule has 0 aliphatic carbocycles. The molecule has 0 fully saturated rings. The third-order valence-electron chi connectivity index (χ3n) is 2.06. The zero-order valence-electron chi connectivity index (χ0n) is 7.98. The van der Waals surface area contributed by atoms with Gasteiger partial charge in [0.1, 0.15) is 0 Å². The second-order valence-electron chi connectivity index (χ2n) is 3.16. The molecule has 1 aromatic carbocycles. The van der Waals surface area contributed by atoms with Gasteiger partial charge in [-0.2, -0.15) is 5.01 Å². The highest BCUT2D eigenvalue weighted by molar-refractivity contribution is 6.21. The molecular formula is C10H8N2O3. The van der Waals surface area contributed by atoms with Crippen LogP contribution in [0.3, 0.4) is 0 Å². The number of fused-ring (bicyclic) bond motifs is 1. The van der Waals surface area contributed by atoms with Crippen molar-refractivity contribution < 1.29 is 14.4 Å². The topological polar surface area (TPSA) is 66.5 Å². The van der Waals surface area contributed by atoms with Gasteiger partial charge in [0, 0.05) is 6.92 Å². The maximum atomic E-state index is 11.6. The lowest BCUT2D eigenvalue weighted by Gasteiger charge is -2.12. The molecule has 1 N–H and O–H groups in total. The molecule has 0 atom stereocenters. The first kappa shape index (κ1) is 9.39. The zero-order chi connectivity index (χ0) is 11.0. The predicted molar refractivity (Wildman–Crippen MR) is 50.8 cm³/mol. The Labute approximate surface area is 85.6 Å². The van der Waals surface area contributed by atoms with Gasteiger partial charge >= 0.3 is 0 Å². The van der Waals surface area contributed by atoms with Crippen LogP contribution >= 0.6 is 0 Å². The fraction of sp³-hybridized carbons (Fsp3) is 0.100. The van der Waals surface area contributed by atoms with Crippen molar-refractivity contribution in [3.8, 4) is 0 Å². The lowest BCUT2D eigenvalue weighted by atomic mass is 10.1. The molecule has 1 heterocycles. The van der Waals surface area contributed by atoms with Gasteiger partial charge in [-0.15, -0.1) is 0 Å². The van der Waals surface area contributed by atoms with Crippen LogP contribution in [0.5, 0.6) is 0 Å². The van der Waals surface area contributed by atoms with Gasteiger partial charge in [-0.25, -0.2) is 0 Å². The summed E-state index contributed by atoms with van der Waals surface area (Å²) in [6.45, 7) is 1.24. The molecule has 5 heteroatoms. The van der Waals surface area contributed by atoms with E-state index in [2.05, 4.69) is 5.43 Å². The number of hydrogen-bond acceptors (Lipinski definition) is 3. The molecule has 0 saturated carbocycles. The van der Waals surface area contributed by atoms with Crippen molar-refractivity contribution in [1.82, 2.24) is 10.4 Å². The van der Waals surface area contributed by atoms with Crippen molar-refractivity contribution in [2.24, 2.45) is 0 Å². The van der Waals surface area contributed by atoms with E-state index in [9.17, 15) is 14.4 Å². The van der Waals surface area contributed by atoms with Crippen LogP contribution in [-0.4, -0.2) is 22.7 Å². The van der Waals surface area contributed by atoms with Crippen LogP contribution in [0.15, 0.2) is 24.3 Å². The van der Waals surface area contributed by atoms with Gasteiger partial charge in [-0.1, -0.05) is 12.1 Å². The van der Waals surface area contributed by atoms with Crippen LogP contribution in [0.1, 0.15) is 27.6 Å². The van der Waals surface area contributed by atoms with Crippen LogP contribution in [0.25, 0.3) is 0 Å². The summed E-state index contributed by atoms with van der Waals surface area (Å²) in [4.78, 5) is 34.1. The first-order chi connectivity index (χ1) is 7.11. The molecular weight excluding hydrogens is 197 g/mol. The van der Waals surface area contributed by atoms with Gasteiger partial charge in [0.2, 0.25) is 5.91 Å². The number of imide groups is 1. The summed E-state index contributed by atoms with van der Waals surface area (Å²) >= 11 is 0. The largest absolute Gasteiger partial charge is 0.280 e. The summed E-state index contributed by atoms with van der Waals surface area (Å²) in [5.74, 6) is -1.44. The van der Waals surface area contributed by atoms with E-state index >= 15 is 0 Å². The Morgan fingerprint density at radius 3 is 2.00 bits per heavy atom. The van der Waals surface area contributed by atoms with E-state index in [1.165, 1.54) is 6.92 Å². The van der Waals surface area contributed by atoms with E-state index in [1.54, 1.807) is 24.3 Å². The number of hydrazine groups is 1. The van der Waals surface area contributed by atoms with E-state index in [1.807, 2.05) is 0 Å². The summed E-state index contributed by atoms with van der Waals surface area (Å²) in [7, 11) is 0. The van der Waals surface area contributed by atoms with Crippen molar-refractivity contribution in [2.75, 3.05) is 0 Å². The standard InChI is InChI=1S/C10H8N2O3/c1-6(13)11-12-9(14)7-4-2-3-5-8(7)10(12)15/h2-5H,1H3,(H,11,13)/i12+1. The number of carbonyl (C=O) groups is 3. The highest BCUT2D eigenvalue weighted by Gasteiger charge is 2.35. The van der Waals surface area contributed by atoms with Gasteiger partial charge in [0.05, 0.1) is 11.1 Å². The molecule has 0 unspecified atom stereocenters. The maximum Gasteiger partial charge on any atom is 0.280 e. The number of carbonyl (C=O) groups excluding carboxylic acids is 3. The molecule has 5 nitrogen and oxygen atoms in total.